The fourth-order valence-corrected chi connectivity index (χ4v) is 1.68. The van der Waals surface area contributed by atoms with E-state index >= 15 is 0 Å². The first kappa shape index (κ1) is 14.3. The first-order chi connectivity index (χ1) is 9.95. The van der Waals surface area contributed by atoms with Crippen LogP contribution < -0.4 is 16.4 Å². The lowest BCUT2D eigenvalue weighted by Gasteiger charge is -2.09. The number of hydrogen-bond donors (Lipinski definition) is 4. The van der Waals surface area contributed by atoms with Gasteiger partial charge in [-0.3, -0.25) is 4.79 Å². The van der Waals surface area contributed by atoms with Gasteiger partial charge in [-0.25, -0.2) is 4.79 Å². The van der Waals surface area contributed by atoms with Gasteiger partial charge in [0.2, 0.25) is 0 Å². The second-order valence-corrected chi connectivity index (χ2v) is 4.21. The molecule has 6 nitrogen and oxygen atoms in total. The molecule has 0 aliphatic rings. The summed E-state index contributed by atoms with van der Waals surface area (Å²) in [5.41, 5.74) is 6.19. The molecule has 0 spiro atoms. The summed E-state index contributed by atoms with van der Waals surface area (Å²) in [5, 5.41) is 14.2. The Balaban J connectivity index is 2.09. The molecule has 0 saturated heterocycles. The molecular formula is C14H12FN3O3. The maximum absolute atomic E-state index is 12.7. The van der Waals surface area contributed by atoms with Crippen molar-refractivity contribution in [3.63, 3.8) is 0 Å². The molecule has 0 radical (unpaired) electrons. The molecule has 5 N–H and O–H groups in total. The summed E-state index contributed by atoms with van der Waals surface area (Å²) in [6, 6.07) is 7.65. The third-order valence-corrected chi connectivity index (χ3v) is 2.61. The Labute approximate surface area is 119 Å². The van der Waals surface area contributed by atoms with E-state index in [1.807, 2.05) is 0 Å². The van der Waals surface area contributed by atoms with E-state index in [9.17, 15) is 19.1 Å². The Bertz CT molecular complexity index is 704. The number of carbonyl (C=O) groups excluding carboxylic acids is 2. The molecule has 2 aromatic rings. The van der Waals surface area contributed by atoms with Crippen LogP contribution in [0.3, 0.4) is 0 Å². The summed E-state index contributed by atoms with van der Waals surface area (Å²) in [7, 11) is 0. The molecular weight excluding hydrogens is 277 g/mol. The molecule has 0 saturated carbocycles. The summed E-state index contributed by atoms with van der Waals surface area (Å²) in [6.45, 7) is 0. The Hall–Kier alpha value is -3.09. The molecule has 0 unspecified atom stereocenters. The fraction of sp³-hybridized carbons (Fsp3) is 0. The minimum absolute atomic E-state index is 0.162. The van der Waals surface area contributed by atoms with E-state index in [1.165, 1.54) is 6.07 Å². The largest absolute Gasteiger partial charge is 0.507 e. The smallest absolute Gasteiger partial charge is 0.335 e. The van der Waals surface area contributed by atoms with Gasteiger partial charge in [-0.05, 0) is 36.4 Å². The van der Waals surface area contributed by atoms with Crippen LogP contribution in [0.1, 0.15) is 10.4 Å². The van der Waals surface area contributed by atoms with Gasteiger partial charge in [0.25, 0.3) is 0 Å². The Morgan fingerprint density at radius 1 is 1.05 bits per heavy atom. The van der Waals surface area contributed by atoms with Crippen LogP contribution in [0.4, 0.5) is 26.2 Å². The molecule has 2 aromatic carbocycles. The predicted molar refractivity (Wildman–Crippen MR) is 77.0 cm³/mol. The van der Waals surface area contributed by atoms with Crippen LogP contribution in [-0.2, 0) is 0 Å². The standard InChI is InChI=1S/C14H12FN3O3/c15-13(20)11-7-10(4-5-12(11)19)18-14(21)17-9-3-1-2-8(16)6-9/h1-7,19H,16H2,(H2,17,18,21). The maximum Gasteiger partial charge on any atom is 0.335 e. The van der Waals surface area contributed by atoms with Gasteiger partial charge in [0, 0.05) is 17.1 Å². The van der Waals surface area contributed by atoms with Gasteiger partial charge in [-0.15, -0.1) is 0 Å². The van der Waals surface area contributed by atoms with E-state index in [1.54, 1.807) is 24.3 Å². The first-order valence-electron chi connectivity index (χ1n) is 5.92. The average molecular weight is 289 g/mol. The van der Waals surface area contributed by atoms with Crippen LogP contribution in [0.25, 0.3) is 0 Å². The Kier molecular flexibility index (Phi) is 4.03. The van der Waals surface area contributed by atoms with Crippen molar-refractivity contribution in [3.05, 3.63) is 48.0 Å². The summed E-state index contributed by atoms with van der Waals surface area (Å²) in [4.78, 5) is 22.4. The molecule has 2 amide bonds. The lowest BCUT2D eigenvalue weighted by molar-refractivity contribution is 0.0833. The number of hydrogen-bond acceptors (Lipinski definition) is 4. The number of anilines is 3. The zero-order valence-electron chi connectivity index (χ0n) is 10.8. The molecule has 0 aliphatic heterocycles. The van der Waals surface area contributed by atoms with Crippen molar-refractivity contribution < 1.29 is 19.1 Å². The molecule has 108 valence electrons. The van der Waals surface area contributed by atoms with Gasteiger partial charge in [-0.2, -0.15) is 4.39 Å². The van der Waals surface area contributed by atoms with Crippen LogP contribution in [-0.4, -0.2) is 17.2 Å². The van der Waals surface area contributed by atoms with Crippen LogP contribution >= 0.6 is 0 Å². The number of benzene rings is 2. The van der Waals surface area contributed by atoms with Gasteiger partial charge >= 0.3 is 12.1 Å². The van der Waals surface area contributed by atoms with E-state index < -0.39 is 23.4 Å². The van der Waals surface area contributed by atoms with Gasteiger partial charge in [0.1, 0.15) is 5.75 Å². The number of phenolic OH excluding ortho intramolecular Hbond substituents is 1. The minimum atomic E-state index is -1.78. The molecule has 0 aromatic heterocycles. The molecule has 0 atom stereocenters. The zero-order valence-corrected chi connectivity index (χ0v) is 10.8. The Morgan fingerprint density at radius 2 is 1.71 bits per heavy atom. The summed E-state index contributed by atoms with van der Waals surface area (Å²) >= 11 is 0. The summed E-state index contributed by atoms with van der Waals surface area (Å²) in [6.07, 6.45) is 0. The highest BCUT2D eigenvalue weighted by Gasteiger charge is 2.12. The van der Waals surface area contributed by atoms with Crippen LogP contribution in [0.5, 0.6) is 5.75 Å². The first-order valence-corrected chi connectivity index (χ1v) is 5.92. The van der Waals surface area contributed by atoms with Gasteiger partial charge in [0.05, 0.1) is 5.56 Å². The number of aromatic hydroxyl groups is 1. The SMILES string of the molecule is Nc1cccc(NC(=O)Nc2ccc(O)c(C(=O)F)c2)c1. The lowest BCUT2D eigenvalue weighted by Crippen LogP contribution is -2.19. The van der Waals surface area contributed by atoms with Crippen molar-refractivity contribution in [3.8, 4) is 5.75 Å². The van der Waals surface area contributed by atoms with Crippen molar-refractivity contribution >= 4 is 29.1 Å². The second-order valence-electron chi connectivity index (χ2n) is 4.21. The summed E-state index contributed by atoms with van der Waals surface area (Å²) < 4.78 is 12.7. The van der Waals surface area contributed by atoms with Crippen molar-refractivity contribution in [1.29, 1.82) is 0 Å². The van der Waals surface area contributed by atoms with Crippen LogP contribution in [0.15, 0.2) is 42.5 Å². The molecule has 21 heavy (non-hydrogen) atoms. The number of phenols is 1. The van der Waals surface area contributed by atoms with E-state index in [2.05, 4.69) is 10.6 Å². The number of nitrogens with two attached hydrogens (primary N) is 1. The highest BCUT2D eigenvalue weighted by Crippen LogP contribution is 2.22. The summed E-state index contributed by atoms with van der Waals surface area (Å²) in [5.74, 6) is -0.496. The molecule has 0 fully saturated rings. The van der Waals surface area contributed by atoms with E-state index in [0.29, 0.717) is 11.4 Å². The van der Waals surface area contributed by atoms with E-state index in [0.717, 1.165) is 12.1 Å². The number of amides is 2. The van der Waals surface area contributed by atoms with Gasteiger partial charge in [-0.1, -0.05) is 6.07 Å². The van der Waals surface area contributed by atoms with Crippen LogP contribution in [0.2, 0.25) is 0 Å². The zero-order chi connectivity index (χ0) is 15.4. The quantitative estimate of drug-likeness (QED) is 0.396. The molecule has 2 rings (SSSR count). The molecule has 0 aliphatic carbocycles. The number of rotatable bonds is 3. The number of nitrogens with one attached hydrogen (secondary N) is 2. The lowest BCUT2D eigenvalue weighted by atomic mass is 10.2. The second kappa shape index (κ2) is 5.91. The van der Waals surface area contributed by atoms with E-state index in [-0.39, 0.29) is 5.69 Å². The van der Waals surface area contributed by atoms with Crippen LogP contribution in [0, 0.1) is 0 Å². The third kappa shape index (κ3) is 3.69. The molecule has 7 heteroatoms. The van der Waals surface area contributed by atoms with Crippen molar-refractivity contribution in [1.82, 2.24) is 0 Å². The number of nitrogen functional groups attached to an aromatic ring is 1. The maximum atomic E-state index is 12.7. The predicted octanol–water partition coefficient (Wildman–Crippen LogP) is 2.73. The fourth-order valence-electron chi connectivity index (χ4n) is 1.68. The van der Waals surface area contributed by atoms with Crippen molar-refractivity contribution in [2.45, 2.75) is 0 Å². The third-order valence-electron chi connectivity index (χ3n) is 2.61. The molecule has 0 heterocycles. The van der Waals surface area contributed by atoms with E-state index in [4.69, 9.17) is 5.73 Å². The minimum Gasteiger partial charge on any atom is -0.507 e. The normalized spacial score (nSPS) is 9.95. The Morgan fingerprint density at radius 3 is 2.33 bits per heavy atom. The van der Waals surface area contributed by atoms with Gasteiger partial charge in [0.15, 0.2) is 0 Å². The monoisotopic (exact) mass is 289 g/mol. The molecule has 0 bridgehead atoms. The van der Waals surface area contributed by atoms with Crippen molar-refractivity contribution in [2.24, 2.45) is 0 Å². The van der Waals surface area contributed by atoms with Crippen molar-refractivity contribution in [2.75, 3.05) is 16.4 Å². The highest BCUT2D eigenvalue weighted by atomic mass is 19.1. The number of halogens is 1. The average Bonchev–Trinajstić information content (AvgIpc) is 2.40. The topological polar surface area (TPSA) is 104 Å². The number of urea groups is 1. The van der Waals surface area contributed by atoms with Gasteiger partial charge < -0.3 is 21.5 Å². The number of carbonyl (C=O) groups is 2. The highest BCUT2D eigenvalue weighted by molar-refractivity contribution is 6.01.